The molecule has 0 heterocycles. The lowest BCUT2D eigenvalue weighted by Crippen LogP contribution is -2.32. The van der Waals surface area contributed by atoms with Gasteiger partial charge in [0.05, 0.1) is 16.3 Å². The van der Waals surface area contributed by atoms with E-state index in [2.05, 4.69) is 17.6 Å². The number of carbonyl (C=O) groups excluding carboxylic acids is 2. The number of halogens is 2. The van der Waals surface area contributed by atoms with Crippen LogP contribution in [0.5, 0.6) is 5.75 Å². The van der Waals surface area contributed by atoms with Crippen molar-refractivity contribution in [1.29, 1.82) is 0 Å². The van der Waals surface area contributed by atoms with Crippen molar-refractivity contribution < 1.29 is 14.3 Å². The van der Waals surface area contributed by atoms with Crippen LogP contribution in [0.1, 0.15) is 37.0 Å². The zero-order valence-electron chi connectivity index (χ0n) is 15.2. The summed E-state index contributed by atoms with van der Waals surface area (Å²) < 4.78 is 5.61. The molecule has 7 heteroatoms. The van der Waals surface area contributed by atoms with Gasteiger partial charge in [0, 0.05) is 11.6 Å². The summed E-state index contributed by atoms with van der Waals surface area (Å²) in [5, 5.41) is 6.38. The highest BCUT2D eigenvalue weighted by atomic mass is 35.5. The first-order chi connectivity index (χ1) is 12.9. The number of benzene rings is 2. The summed E-state index contributed by atoms with van der Waals surface area (Å²) in [5.41, 5.74) is 0.827. The standard InChI is InChI=1S/C20H22Cl2N2O3/c1-3-4-11-23-20(26)15-7-5-6-8-17(15)24-19(25)13(2)27-18-10-9-14(21)12-16(18)22/h5-10,12-13H,3-4,11H2,1-2H3,(H,23,26)(H,24,25). The van der Waals surface area contributed by atoms with Gasteiger partial charge in [0.15, 0.2) is 6.10 Å². The summed E-state index contributed by atoms with van der Waals surface area (Å²) in [6.07, 6.45) is 1.06. The van der Waals surface area contributed by atoms with Crippen molar-refractivity contribution in [3.8, 4) is 5.75 Å². The Hall–Kier alpha value is -2.24. The Kier molecular flexibility index (Phi) is 7.95. The molecule has 2 aromatic carbocycles. The third-order valence-electron chi connectivity index (χ3n) is 3.81. The van der Waals surface area contributed by atoms with Crippen molar-refractivity contribution >= 4 is 40.7 Å². The zero-order valence-corrected chi connectivity index (χ0v) is 16.7. The zero-order chi connectivity index (χ0) is 19.8. The van der Waals surface area contributed by atoms with Gasteiger partial charge >= 0.3 is 0 Å². The van der Waals surface area contributed by atoms with Gasteiger partial charge in [-0.15, -0.1) is 0 Å². The number of anilines is 1. The molecular formula is C20H22Cl2N2O3. The molecule has 0 saturated carbocycles. The van der Waals surface area contributed by atoms with Crippen molar-refractivity contribution in [2.45, 2.75) is 32.8 Å². The highest BCUT2D eigenvalue weighted by Crippen LogP contribution is 2.28. The van der Waals surface area contributed by atoms with E-state index in [9.17, 15) is 9.59 Å². The quantitative estimate of drug-likeness (QED) is 0.608. The van der Waals surface area contributed by atoms with Gasteiger partial charge in [-0.05, 0) is 43.7 Å². The molecule has 5 nitrogen and oxygen atoms in total. The Morgan fingerprint density at radius 2 is 1.89 bits per heavy atom. The number of hydrogen-bond donors (Lipinski definition) is 2. The normalized spacial score (nSPS) is 11.6. The van der Waals surface area contributed by atoms with Crippen LogP contribution in [0, 0.1) is 0 Å². The second-order valence-electron chi connectivity index (χ2n) is 5.98. The summed E-state index contributed by atoms with van der Waals surface area (Å²) in [7, 11) is 0. The lowest BCUT2D eigenvalue weighted by Gasteiger charge is -2.17. The van der Waals surface area contributed by atoms with Gasteiger partial charge in [0.2, 0.25) is 0 Å². The minimum atomic E-state index is -0.820. The van der Waals surface area contributed by atoms with E-state index < -0.39 is 12.0 Å². The maximum absolute atomic E-state index is 12.5. The first-order valence-corrected chi connectivity index (χ1v) is 9.47. The molecular weight excluding hydrogens is 387 g/mol. The fraction of sp³-hybridized carbons (Fsp3) is 0.300. The summed E-state index contributed by atoms with van der Waals surface area (Å²) in [5.74, 6) is -0.266. The van der Waals surface area contributed by atoms with Crippen LogP contribution in [-0.2, 0) is 4.79 Å². The molecule has 2 N–H and O–H groups in total. The predicted octanol–water partition coefficient (Wildman–Crippen LogP) is 4.93. The van der Waals surface area contributed by atoms with Gasteiger partial charge in [-0.25, -0.2) is 0 Å². The maximum atomic E-state index is 12.5. The van der Waals surface area contributed by atoms with Crippen molar-refractivity contribution in [3.63, 3.8) is 0 Å². The fourth-order valence-corrected chi connectivity index (χ4v) is 2.77. The summed E-state index contributed by atoms with van der Waals surface area (Å²) in [6, 6.07) is 11.6. The molecule has 1 atom stereocenters. The first-order valence-electron chi connectivity index (χ1n) is 8.72. The average molecular weight is 409 g/mol. The van der Waals surface area contributed by atoms with Crippen LogP contribution in [0.2, 0.25) is 10.0 Å². The molecule has 0 bridgehead atoms. The molecule has 0 spiro atoms. The van der Waals surface area contributed by atoms with Gasteiger partial charge in [-0.1, -0.05) is 48.7 Å². The summed E-state index contributed by atoms with van der Waals surface area (Å²) in [6.45, 7) is 4.24. The van der Waals surface area contributed by atoms with Crippen LogP contribution >= 0.6 is 23.2 Å². The van der Waals surface area contributed by atoms with E-state index in [1.165, 1.54) is 0 Å². The Morgan fingerprint density at radius 1 is 1.15 bits per heavy atom. The van der Waals surface area contributed by atoms with E-state index in [0.717, 1.165) is 12.8 Å². The van der Waals surface area contributed by atoms with E-state index in [4.69, 9.17) is 27.9 Å². The van der Waals surface area contributed by atoms with Crippen molar-refractivity contribution in [2.75, 3.05) is 11.9 Å². The minimum absolute atomic E-state index is 0.228. The highest BCUT2D eigenvalue weighted by molar-refractivity contribution is 6.35. The minimum Gasteiger partial charge on any atom is -0.479 e. The number of rotatable bonds is 8. The summed E-state index contributed by atoms with van der Waals surface area (Å²) >= 11 is 11.9. The van der Waals surface area contributed by atoms with Crippen LogP contribution in [-0.4, -0.2) is 24.5 Å². The number of amides is 2. The maximum Gasteiger partial charge on any atom is 0.265 e. The monoisotopic (exact) mass is 408 g/mol. The Bertz CT molecular complexity index is 812. The van der Waals surface area contributed by atoms with Crippen LogP contribution in [0.3, 0.4) is 0 Å². The van der Waals surface area contributed by atoms with Crippen molar-refractivity contribution in [2.24, 2.45) is 0 Å². The van der Waals surface area contributed by atoms with E-state index in [1.54, 1.807) is 49.4 Å². The molecule has 144 valence electrons. The van der Waals surface area contributed by atoms with Crippen molar-refractivity contribution in [3.05, 3.63) is 58.1 Å². The van der Waals surface area contributed by atoms with Gasteiger partial charge in [0.25, 0.3) is 11.8 Å². The largest absolute Gasteiger partial charge is 0.479 e. The molecule has 0 aliphatic rings. The number of para-hydroxylation sites is 1. The third-order valence-corrected chi connectivity index (χ3v) is 4.34. The molecule has 0 radical (unpaired) electrons. The van der Waals surface area contributed by atoms with Gasteiger partial charge in [-0.2, -0.15) is 0 Å². The van der Waals surface area contributed by atoms with Crippen LogP contribution in [0.4, 0.5) is 5.69 Å². The first kappa shape index (κ1) is 21.1. The topological polar surface area (TPSA) is 67.4 Å². The third kappa shape index (κ3) is 6.15. The molecule has 0 fully saturated rings. The van der Waals surface area contributed by atoms with Crippen LogP contribution in [0.25, 0.3) is 0 Å². The van der Waals surface area contributed by atoms with E-state index >= 15 is 0 Å². The van der Waals surface area contributed by atoms with Crippen LogP contribution in [0.15, 0.2) is 42.5 Å². The van der Waals surface area contributed by atoms with Gasteiger partial charge in [0.1, 0.15) is 5.75 Å². The van der Waals surface area contributed by atoms with Crippen molar-refractivity contribution in [1.82, 2.24) is 5.32 Å². The molecule has 2 rings (SSSR count). The van der Waals surface area contributed by atoms with E-state index in [-0.39, 0.29) is 5.91 Å². The molecule has 27 heavy (non-hydrogen) atoms. The number of nitrogens with one attached hydrogen (secondary N) is 2. The smallest absolute Gasteiger partial charge is 0.265 e. The molecule has 0 aliphatic carbocycles. The van der Waals surface area contributed by atoms with Gasteiger partial charge < -0.3 is 15.4 Å². The molecule has 0 aromatic heterocycles. The predicted molar refractivity (Wildman–Crippen MR) is 109 cm³/mol. The van der Waals surface area contributed by atoms with Crippen LogP contribution < -0.4 is 15.4 Å². The molecule has 0 saturated heterocycles. The van der Waals surface area contributed by atoms with Gasteiger partial charge in [-0.3, -0.25) is 9.59 Å². The fourth-order valence-electron chi connectivity index (χ4n) is 2.31. The Labute approximate surface area is 169 Å². The number of ether oxygens (including phenoxy) is 1. The van der Waals surface area contributed by atoms with E-state index in [1.807, 2.05) is 0 Å². The molecule has 2 amide bonds. The number of carbonyl (C=O) groups is 2. The lowest BCUT2D eigenvalue weighted by molar-refractivity contribution is -0.122. The molecule has 0 aliphatic heterocycles. The second kappa shape index (κ2) is 10.2. The summed E-state index contributed by atoms with van der Waals surface area (Å²) in [4.78, 5) is 24.8. The average Bonchev–Trinajstić information content (AvgIpc) is 2.64. The number of hydrogen-bond acceptors (Lipinski definition) is 3. The highest BCUT2D eigenvalue weighted by Gasteiger charge is 2.19. The molecule has 2 aromatic rings. The molecule has 1 unspecified atom stereocenters. The second-order valence-corrected chi connectivity index (χ2v) is 6.82. The Balaban J connectivity index is 2.05. The number of unbranched alkanes of at least 4 members (excludes halogenated alkanes) is 1. The van der Waals surface area contributed by atoms with E-state index in [0.29, 0.717) is 33.6 Å². The lowest BCUT2D eigenvalue weighted by atomic mass is 10.1. The Morgan fingerprint density at radius 3 is 2.59 bits per heavy atom. The SMILES string of the molecule is CCCCNC(=O)c1ccccc1NC(=O)C(C)Oc1ccc(Cl)cc1Cl.